The lowest BCUT2D eigenvalue weighted by molar-refractivity contribution is 0.406. The van der Waals surface area contributed by atoms with Gasteiger partial charge in [0.25, 0.3) is 0 Å². The van der Waals surface area contributed by atoms with Crippen molar-refractivity contribution >= 4 is 23.1 Å². The Balaban J connectivity index is 2.22. The van der Waals surface area contributed by atoms with Crippen molar-refractivity contribution in [3.63, 3.8) is 0 Å². The quantitative estimate of drug-likeness (QED) is 0.652. The Morgan fingerprint density at radius 2 is 2.19 bits per heavy atom. The van der Waals surface area contributed by atoms with E-state index in [4.69, 9.17) is 16.7 Å². The number of aromatic amines is 1. The van der Waals surface area contributed by atoms with Crippen LogP contribution >= 0.6 is 12.2 Å². The molecule has 1 N–H and O–H groups in total. The van der Waals surface area contributed by atoms with Crippen LogP contribution in [0.5, 0.6) is 0 Å². The molecule has 0 atom stereocenters. The van der Waals surface area contributed by atoms with Crippen molar-refractivity contribution in [2.24, 2.45) is 0 Å². The van der Waals surface area contributed by atoms with Crippen LogP contribution in [0, 0.1) is 4.84 Å². The molecule has 0 spiro atoms. The zero-order chi connectivity index (χ0) is 11.0. The maximum Gasteiger partial charge on any atom is 0.314 e. The number of hydrogen-bond acceptors (Lipinski definition) is 4. The van der Waals surface area contributed by atoms with E-state index in [0.717, 1.165) is 16.5 Å². The molecule has 0 amide bonds. The molecule has 3 aromatic rings. The Labute approximate surface area is 95.9 Å². The number of nitrogens with one attached hydrogen (secondary N) is 1. The molecular formula is C11H7N3OS. The summed E-state index contributed by atoms with van der Waals surface area (Å²) in [5.41, 5.74) is 1.88. The van der Waals surface area contributed by atoms with Gasteiger partial charge in [0.05, 0.1) is 5.52 Å². The molecule has 2 heterocycles. The maximum absolute atomic E-state index is 4.89. The third kappa shape index (κ3) is 1.51. The molecule has 0 aliphatic carbocycles. The van der Waals surface area contributed by atoms with Gasteiger partial charge in [0, 0.05) is 17.1 Å². The molecule has 0 radical (unpaired) electrons. The standard InChI is InChI=1S/C11H7N3OS/c16-11-13-10(14-15-11)8-3-4-9-7(6-8)2-1-5-12-9/h1-6H,(H,13,14,16). The van der Waals surface area contributed by atoms with Crippen molar-refractivity contribution in [1.29, 1.82) is 0 Å². The summed E-state index contributed by atoms with van der Waals surface area (Å²) in [7, 11) is 0. The van der Waals surface area contributed by atoms with Crippen LogP contribution in [0.25, 0.3) is 22.3 Å². The van der Waals surface area contributed by atoms with E-state index in [2.05, 4.69) is 15.1 Å². The van der Waals surface area contributed by atoms with Crippen molar-refractivity contribution in [2.45, 2.75) is 0 Å². The number of benzene rings is 1. The van der Waals surface area contributed by atoms with Crippen molar-refractivity contribution in [1.82, 2.24) is 15.1 Å². The Morgan fingerprint density at radius 1 is 1.25 bits per heavy atom. The maximum atomic E-state index is 4.89. The van der Waals surface area contributed by atoms with E-state index < -0.39 is 0 Å². The number of hydrogen-bond donors (Lipinski definition) is 1. The zero-order valence-electron chi connectivity index (χ0n) is 8.18. The van der Waals surface area contributed by atoms with Gasteiger partial charge in [-0.25, -0.2) is 5.16 Å². The first-order valence-electron chi connectivity index (χ1n) is 4.73. The molecule has 0 aliphatic heterocycles. The highest BCUT2D eigenvalue weighted by atomic mass is 32.1. The minimum atomic E-state index is 0.210. The second kappa shape index (κ2) is 3.53. The molecule has 2 aromatic heterocycles. The Bertz CT molecular complexity index is 701. The third-order valence-electron chi connectivity index (χ3n) is 2.31. The van der Waals surface area contributed by atoms with E-state index >= 15 is 0 Å². The predicted octanol–water partition coefficient (Wildman–Crippen LogP) is 2.95. The van der Waals surface area contributed by atoms with Crippen molar-refractivity contribution in [3.8, 4) is 11.4 Å². The molecule has 1 aromatic carbocycles. The summed E-state index contributed by atoms with van der Waals surface area (Å²) in [6.07, 6.45) is 1.77. The largest absolute Gasteiger partial charge is 0.348 e. The molecule has 0 bridgehead atoms. The van der Waals surface area contributed by atoms with E-state index in [1.165, 1.54) is 0 Å². The van der Waals surface area contributed by atoms with Crippen LogP contribution in [0.3, 0.4) is 0 Å². The molecule has 0 aliphatic rings. The van der Waals surface area contributed by atoms with Gasteiger partial charge in [0.15, 0.2) is 5.82 Å². The highest BCUT2D eigenvalue weighted by Crippen LogP contribution is 2.20. The summed E-state index contributed by atoms with van der Waals surface area (Å²) < 4.78 is 4.89. The van der Waals surface area contributed by atoms with E-state index in [1.54, 1.807) is 6.20 Å². The lowest BCUT2D eigenvalue weighted by Gasteiger charge is -1.98. The van der Waals surface area contributed by atoms with Crippen molar-refractivity contribution < 1.29 is 4.52 Å². The van der Waals surface area contributed by atoms with Crippen molar-refractivity contribution in [2.75, 3.05) is 0 Å². The van der Waals surface area contributed by atoms with Gasteiger partial charge in [-0.1, -0.05) is 6.07 Å². The van der Waals surface area contributed by atoms with Crippen LogP contribution < -0.4 is 0 Å². The third-order valence-corrected chi connectivity index (χ3v) is 2.49. The van der Waals surface area contributed by atoms with E-state index in [0.29, 0.717) is 5.82 Å². The first kappa shape index (κ1) is 9.23. The fourth-order valence-corrected chi connectivity index (χ4v) is 1.71. The Kier molecular flexibility index (Phi) is 2.04. The van der Waals surface area contributed by atoms with Crippen LogP contribution in [0.1, 0.15) is 0 Å². The fraction of sp³-hybridized carbons (Fsp3) is 0. The van der Waals surface area contributed by atoms with E-state index in [1.807, 2.05) is 30.3 Å². The average Bonchev–Trinajstić information content (AvgIpc) is 2.75. The SMILES string of the molecule is S=c1nc(-c2ccc3ncccc3c2)[nH]o1. The second-order valence-corrected chi connectivity index (χ2v) is 3.69. The molecule has 4 nitrogen and oxygen atoms in total. The lowest BCUT2D eigenvalue weighted by atomic mass is 10.1. The highest BCUT2D eigenvalue weighted by Gasteiger charge is 2.03. The molecule has 0 unspecified atom stereocenters. The van der Waals surface area contributed by atoms with Gasteiger partial charge in [0.1, 0.15) is 0 Å². The normalized spacial score (nSPS) is 10.8. The zero-order valence-corrected chi connectivity index (χ0v) is 8.99. The van der Waals surface area contributed by atoms with Crippen molar-refractivity contribution in [3.05, 3.63) is 41.4 Å². The van der Waals surface area contributed by atoms with Gasteiger partial charge < -0.3 is 4.52 Å². The van der Waals surface area contributed by atoms with E-state index in [-0.39, 0.29) is 4.84 Å². The van der Waals surface area contributed by atoms with Crippen LogP contribution in [-0.2, 0) is 0 Å². The predicted molar refractivity (Wildman–Crippen MR) is 62.4 cm³/mol. The van der Waals surface area contributed by atoms with Gasteiger partial charge in [-0.3, -0.25) is 4.98 Å². The number of nitrogens with zero attached hydrogens (tertiary/aromatic N) is 2. The average molecular weight is 229 g/mol. The van der Waals surface area contributed by atoms with Gasteiger partial charge in [0.2, 0.25) is 0 Å². The van der Waals surface area contributed by atoms with Gasteiger partial charge >= 0.3 is 4.84 Å². The molecule has 16 heavy (non-hydrogen) atoms. The second-order valence-electron chi connectivity index (χ2n) is 3.34. The Hall–Kier alpha value is -2.01. The number of H-pyrrole nitrogens is 1. The summed E-state index contributed by atoms with van der Waals surface area (Å²) in [6.45, 7) is 0. The van der Waals surface area contributed by atoms with Crippen LogP contribution in [0.15, 0.2) is 41.1 Å². The molecule has 0 saturated heterocycles. The number of aromatic nitrogens is 3. The highest BCUT2D eigenvalue weighted by molar-refractivity contribution is 7.71. The summed E-state index contributed by atoms with van der Waals surface area (Å²) in [4.78, 5) is 8.52. The molecule has 78 valence electrons. The smallest absolute Gasteiger partial charge is 0.314 e. The topological polar surface area (TPSA) is 54.7 Å². The minimum absolute atomic E-state index is 0.210. The molecule has 0 saturated carbocycles. The van der Waals surface area contributed by atoms with Crippen LogP contribution in [-0.4, -0.2) is 15.1 Å². The molecule has 0 fully saturated rings. The summed E-state index contributed by atoms with van der Waals surface area (Å²) in [5, 5.41) is 3.73. The van der Waals surface area contributed by atoms with Crippen LogP contribution in [0.4, 0.5) is 0 Å². The summed E-state index contributed by atoms with van der Waals surface area (Å²) in [5.74, 6) is 0.635. The molecular weight excluding hydrogens is 222 g/mol. The minimum Gasteiger partial charge on any atom is -0.348 e. The van der Waals surface area contributed by atoms with Gasteiger partial charge in [-0.2, -0.15) is 4.98 Å². The summed E-state index contributed by atoms with van der Waals surface area (Å²) >= 11 is 4.81. The lowest BCUT2D eigenvalue weighted by Crippen LogP contribution is -1.82. The number of fused-ring (bicyclic) bond motifs is 1. The molecule has 5 heteroatoms. The first-order chi connectivity index (χ1) is 7.83. The van der Waals surface area contributed by atoms with Crippen LogP contribution in [0.2, 0.25) is 0 Å². The first-order valence-corrected chi connectivity index (χ1v) is 5.14. The van der Waals surface area contributed by atoms with Gasteiger partial charge in [-0.05, 0) is 36.5 Å². The monoisotopic (exact) mass is 229 g/mol. The fourth-order valence-electron chi connectivity index (χ4n) is 1.58. The summed E-state index contributed by atoms with van der Waals surface area (Å²) in [6, 6.07) is 9.76. The molecule has 3 rings (SSSR count). The van der Waals surface area contributed by atoms with Gasteiger partial charge in [-0.15, -0.1) is 0 Å². The Morgan fingerprint density at radius 3 is 3.00 bits per heavy atom. The number of rotatable bonds is 1. The number of pyridine rings is 1. The van der Waals surface area contributed by atoms with E-state index in [9.17, 15) is 0 Å².